The van der Waals surface area contributed by atoms with Crippen LogP contribution in [0.3, 0.4) is 0 Å². The van der Waals surface area contributed by atoms with Gasteiger partial charge in [-0.15, -0.1) is 11.3 Å². The maximum Gasteiger partial charge on any atom is 0.418 e. The van der Waals surface area contributed by atoms with Gasteiger partial charge < -0.3 is 5.32 Å². The predicted molar refractivity (Wildman–Crippen MR) is 86.5 cm³/mol. The summed E-state index contributed by atoms with van der Waals surface area (Å²) in [6, 6.07) is 7.94. The van der Waals surface area contributed by atoms with Gasteiger partial charge in [0.25, 0.3) is 0 Å². The van der Waals surface area contributed by atoms with Crippen molar-refractivity contribution in [1.82, 2.24) is 0 Å². The number of nitrogens with one attached hydrogen (secondary N) is 1. The number of fused-ring (bicyclic) bond motifs is 1. The molecule has 1 heterocycles. The van der Waals surface area contributed by atoms with Gasteiger partial charge in [-0.1, -0.05) is 24.3 Å². The number of benzene rings is 1. The summed E-state index contributed by atoms with van der Waals surface area (Å²) in [5.41, 5.74) is -0.0771. The fraction of sp³-hybridized carbons (Fsp3) is 0.294. The molecule has 0 bridgehead atoms. The first-order valence-electron chi connectivity index (χ1n) is 7.23. The fourth-order valence-corrected chi connectivity index (χ4v) is 3.80. The van der Waals surface area contributed by atoms with E-state index >= 15 is 0 Å². The highest BCUT2D eigenvalue weighted by atomic mass is 32.1. The second-order valence-electron chi connectivity index (χ2n) is 5.56. The molecule has 1 unspecified atom stereocenters. The summed E-state index contributed by atoms with van der Waals surface area (Å²) in [6.07, 6.45) is -2.37. The Balaban J connectivity index is 1.75. The lowest BCUT2D eigenvalue weighted by molar-refractivity contribution is -0.0918. The van der Waals surface area contributed by atoms with Gasteiger partial charge in [0.05, 0.1) is 10.6 Å². The average Bonchev–Trinajstić information content (AvgIpc) is 2.82. The number of hydrogen-bond donors (Lipinski definition) is 1. The van der Waals surface area contributed by atoms with Gasteiger partial charge in [-0.25, -0.2) is 4.39 Å². The van der Waals surface area contributed by atoms with Crippen molar-refractivity contribution in [2.24, 2.45) is 5.92 Å². The Labute approximate surface area is 135 Å². The van der Waals surface area contributed by atoms with Crippen LogP contribution in [0.4, 0.5) is 22.6 Å². The number of rotatable bonds is 3. The summed E-state index contributed by atoms with van der Waals surface area (Å²) in [7, 11) is 0. The first-order chi connectivity index (χ1) is 10.9. The van der Waals surface area contributed by atoms with Crippen LogP contribution >= 0.6 is 11.3 Å². The Kier molecular flexibility index (Phi) is 4.19. The molecule has 23 heavy (non-hydrogen) atoms. The van der Waals surface area contributed by atoms with Gasteiger partial charge in [-0.05, 0) is 42.4 Å². The number of aryl methyl sites for hydroxylation is 1. The van der Waals surface area contributed by atoms with E-state index in [0.29, 0.717) is 6.54 Å². The lowest BCUT2D eigenvalue weighted by Crippen LogP contribution is -2.20. The Hall–Kier alpha value is -1.82. The first-order valence-corrected chi connectivity index (χ1v) is 8.05. The second-order valence-corrected chi connectivity index (χ2v) is 6.61. The molecule has 1 aliphatic rings. The molecule has 6 heteroatoms. The van der Waals surface area contributed by atoms with E-state index in [1.165, 1.54) is 0 Å². The highest BCUT2D eigenvalue weighted by molar-refractivity contribution is 7.23. The minimum atomic E-state index is -4.65. The fourth-order valence-electron chi connectivity index (χ4n) is 2.69. The van der Waals surface area contributed by atoms with Crippen molar-refractivity contribution in [2.45, 2.75) is 19.5 Å². The van der Waals surface area contributed by atoms with Crippen LogP contribution in [0.5, 0.6) is 0 Å². The molecule has 1 N–H and O–H groups in total. The Morgan fingerprint density at radius 1 is 1.26 bits per heavy atom. The third-order valence-corrected chi connectivity index (χ3v) is 5.16. The van der Waals surface area contributed by atoms with Gasteiger partial charge in [0, 0.05) is 11.2 Å². The Morgan fingerprint density at radius 2 is 2.00 bits per heavy atom. The van der Waals surface area contributed by atoms with Gasteiger partial charge >= 0.3 is 6.18 Å². The standard InChI is InChI=1S/C17H15F4NS/c1-10-12-4-2-3-5-15(12)23-16(10)22-9-11-6-7-14(18)13(8-11)17(19,20)21/h2-5,7-8,11,22H,6,9H2,1H3. The number of allylic oxidation sites excluding steroid dienone is 3. The SMILES string of the molecule is Cc1c(NCC2C=C(C(F)(F)F)C(F)=CC2)sc2ccccc12. The molecule has 0 spiro atoms. The predicted octanol–water partition coefficient (Wildman–Crippen LogP) is 5.98. The van der Waals surface area contributed by atoms with E-state index in [2.05, 4.69) is 5.32 Å². The largest absolute Gasteiger partial charge is 0.418 e. The molecule has 1 aliphatic carbocycles. The highest BCUT2D eigenvalue weighted by Crippen LogP contribution is 2.38. The third kappa shape index (κ3) is 3.27. The van der Waals surface area contributed by atoms with Gasteiger partial charge in [0.2, 0.25) is 0 Å². The van der Waals surface area contributed by atoms with Gasteiger partial charge in [-0.2, -0.15) is 13.2 Å². The van der Waals surface area contributed by atoms with E-state index in [9.17, 15) is 17.6 Å². The minimum absolute atomic E-state index is 0.266. The summed E-state index contributed by atoms with van der Waals surface area (Å²) in [5, 5.41) is 5.30. The highest BCUT2D eigenvalue weighted by Gasteiger charge is 2.38. The van der Waals surface area contributed by atoms with Crippen LogP contribution in [0.15, 0.2) is 47.8 Å². The van der Waals surface area contributed by atoms with Crippen LogP contribution in [0.1, 0.15) is 12.0 Å². The summed E-state index contributed by atoms with van der Waals surface area (Å²) >= 11 is 1.58. The molecule has 0 amide bonds. The van der Waals surface area contributed by atoms with E-state index in [4.69, 9.17) is 0 Å². The van der Waals surface area contributed by atoms with Crippen LogP contribution in [-0.2, 0) is 0 Å². The monoisotopic (exact) mass is 341 g/mol. The number of anilines is 1. The van der Waals surface area contributed by atoms with Crippen LogP contribution in [-0.4, -0.2) is 12.7 Å². The van der Waals surface area contributed by atoms with Gasteiger partial charge in [0.1, 0.15) is 5.83 Å². The molecular weight excluding hydrogens is 326 g/mol. The molecule has 0 saturated carbocycles. The van der Waals surface area contributed by atoms with E-state index in [-0.39, 0.29) is 12.3 Å². The van der Waals surface area contributed by atoms with Crippen molar-refractivity contribution in [3.8, 4) is 0 Å². The van der Waals surface area contributed by atoms with E-state index < -0.39 is 17.6 Å². The minimum Gasteiger partial charge on any atom is -0.376 e. The number of thiophene rings is 1. The molecule has 0 aliphatic heterocycles. The van der Waals surface area contributed by atoms with Crippen LogP contribution in [0.25, 0.3) is 10.1 Å². The quantitative estimate of drug-likeness (QED) is 0.677. The molecule has 1 nitrogen and oxygen atoms in total. The third-order valence-electron chi connectivity index (χ3n) is 3.93. The maximum atomic E-state index is 13.3. The van der Waals surface area contributed by atoms with Crippen molar-refractivity contribution in [3.63, 3.8) is 0 Å². The van der Waals surface area contributed by atoms with Gasteiger partial charge in [-0.3, -0.25) is 0 Å². The second kappa shape index (κ2) is 6.00. The summed E-state index contributed by atoms with van der Waals surface area (Å²) < 4.78 is 52.8. The normalized spacial score (nSPS) is 18.7. The van der Waals surface area contributed by atoms with Crippen molar-refractivity contribution < 1.29 is 17.6 Å². The smallest absolute Gasteiger partial charge is 0.376 e. The lowest BCUT2D eigenvalue weighted by Gasteiger charge is -2.20. The molecule has 122 valence electrons. The van der Waals surface area contributed by atoms with Crippen molar-refractivity contribution in [2.75, 3.05) is 11.9 Å². The molecule has 1 aromatic carbocycles. The first kappa shape index (κ1) is 16.1. The van der Waals surface area contributed by atoms with E-state index in [1.54, 1.807) is 11.3 Å². The van der Waals surface area contributed by atoms with Crippen LogP contribution in [0.2, 0.25) is 0 Å². The average molecular weight is 341 g/mol. The topological polar surface area (TPSA) is 12.0 Å². The van der Waals surface area contributed by atoms with Crippen molar-refractivity contribution in [1.29, 1.82) is 0 Å². The molecule has 3 rings (SSSR count). The number of hydrogen-bond acceptors (Lipinski definition) is 2. The Bertz CT molecular complexity index is 785. The van der Waals surface area contributed by atoms with Crippen molar-refractivity contribution in [3.05, 3.63) is 53.4 Å². The number of halogens is 4. The van der Waals surface area contributed by atoms with Crippen LogP contribution < -0.4 is 5.32 Å². The lowest BCUT2D eigenvalue weighted by atomic mass is 9.95. The van der Waals surface area contributed by atoms with E-state index in [0.717, 1.165) is 32.8 Å². The molecule has 1 aromatic heterocycles. The summed E-state index contributed by atoms with van der Waals surface area (Å²) in [6.45, 7) is 2.33. The molecule has 0 fully saturated rings. The molecular formula is C17H15F4NS. The molecule has 0 radical (unpaired) electrons. The van der Waals surface area contributed by atoms with E-state index in [1.807, 2.05) is 31.2 Å². The summed E-state index contributed by atoms with van der Waals surface area (Å²) in [4.78, 5) is 0. The van der Waals surface area contributed by atoms with Gasteiger partial charge in [0.15, 0.2) is 0 Å². The molecule has 1 atom stereocenters. The van der Waals surface area contributed by atoms with Crippen molar-refractivity contribution >= 4 is 26.4 Å². The Morgan fingerprint density at radius 3 is 2.70 bits per heavy atom. The molecule has 2 aromatic rings. The number of alkyl halides is 3. The zero-order valence-electron chi connectivity index (χ0n) is 12.4. The zero-order chi connectivity index (χ0) is 16.6. The molecule has 0 saturated heterocycles. The zero-order valence-corrected chi connectivity index (χ0v) is 13.2. The van der Waals surface area contributed by atoms with Crippen LogP contribution in [0, 0.1) is 12.8 Å². The maximum absolute atomic E-state index is 13.3. The summed E-state index contributed by atoms with van der Waals surface area (Å²) in [5.74, 6) is -1.55.